The molecule has 1 aromatic rings. The van der Waals surface area contributed by atoms with Gasteiger partial charge in [-0.25, -0.2) is 4.39 Å². The zero-order valence-electron chi connectivity index (χ0n) is 11.7. The van der Waals surface area contributed by atoms with Crippen LogP contribution < -0.4 is 11.3 Å². The molecule has 2 rings (SSSR count). The molecule has 0 radical (unpaired) electrons. The first-order valence-electron chi connectivity index (χ1n) is 6.90. The van der Waals surface area contributed by atoms with Crippen LogP contribution in [0.3, 0.4) is 0 Å². The molecule has 2 atom stereocenters. The molecule has 0 amide bonds. The molecule has 3 N–H and O–H groups in total. The van der Waals surface area contributed by atoms with Gasteiger partial charge < -0.3 is 4.74 Å². The lowest BCUT2D eigenvalue weighted by molar-refractivity contribution is -0.0884. The van der Waals surface area contributed by atoms with E-state index in [4.69, 9.17) is 10.6 Å². The first-order valence-corrected chi connectivity index (χ1v) is 6.90. The average molecular weight is 266 g/mol. The molecule has 1 fully saturated rings. The van der Waals surface area contributed by atoms with Gasteiger partial charge in [0, 0.05) is 6.61 Å². The van der Waals surface area contributed by atoms with Gasteiger partial charge in [-0.2, -0.15) is 0 Å². The SMILES string of the molecule is Cc1cc(F)ccc1CC(NN)C1(C)CCCCO1. The van der Waals surface area contributed by atoms with E-state index < -0.39 is 0 Å². The third-order valence-corrected chi connectivity index (χ3v) is 4.17. The number of hydrogen-bond donors (Lipinski definition) is 2. The molecule has 1 saturated heterocycles. The fraction of sp³-hybridized carbons (Fsp3) is 0.600. The van der Waals surface area contributed by atoms with Crippen molar-refractivity contribution in [3.63, 3.8) is 0 Å². The van der Waals surface area contributed by atoms with Crippen LogP contribution in [-0.4, -0.2) is 18.2 Å². The largest absolute Gasteiger partial charge is 0.374 e. The number of halogens is 1. The van der Waals surface area contributed by atoms with E-state index in [9.17, 15) is 4.39 Å². The van der Waals surface area contributed by atoms with Gasteiger partial charge in [-0.15, -0.1) is 0 Å². The molecule has 3 nitrogen and oxygen atoms in total. The molecule has 1 aliphatic rings. The van der Waals surface area contributed by atoms with E-state index in [2.05, 4.69) is 12.3 Å². The molecule has 0 aliphatic carbocycles. The molecule has 4 heteroatoms. The number of hydrogen-bond acceptors (Lipinski definition) is 3. The number of nitrogens with two attached hydrogens (primary N) is 1. The molecule has 0 aromatic heterocycles. The van der Waals surface area contributed by atoms with Crippen LogP contribution in [0.5, 0.6) is 0 Å². The van der Waals surface area contributed by atoms with Crippen LogP contribution in [0.1, 0.15) is 37.3 Å². The second kappa shape index (κ2) is 5.99. The second-order valence-corrected chi connectivity index (χ2v) is 5.61. The van der Waals surface area contributed by atoms with Gasteiger partial charge in [-0.05, 0) is 62.8 Å². The highest BCUT2D eigenvalue weighted by Crippen LogP contribution is 2.29. The first kappa shape index (κ1) is 14.4. The predicted molar refractivity (Wildman–Crippen MR) is 74.2 cm³/mol. The topological polar surface area (TPSA) is 47.3 Å². The molecule has 0 saturated carbocycles. The van der Waals surface area contributed by atoms with Gasteiger partial charge in [-0.3, -0.25) is 11.3 Å². The summed E-state index contributed by atoms with van der Waals surface area (Å²) in [6.07, 6.45) is 4.03. The summed E-state index contributed by atoms with van der Waals surface area (Å²) in [4.78, 5) is 0. The monoisotopic (exact) mass is 266 g/mol. The van der Waals surface area contributed by atoms with Crippen molar-refractivity contribution in [1.29, 1.82) is 0 Å². The third kappa shape index (κ3) is 3.32. The van der Waals surface area contributed by atoms with Gasteiger partial charge in [0.1, 0.15) is 5.82 Å². The van der Waals surface area contributed by atoms with Crippen molar-refractivity contribution in [3.8, 4) is 0 Å². The minimum absolute atomic E-state index is 0.0389. The quantitative estimate of drug-likeness (QED) is 0.650. The molecule has 106 valence electrons. The van der Waals surface area contributed by atoms with Crippen LogP contribution in [0.2, 0.25) is 0 Å². The molecule has 1 aliphatic heterocycles. The number of ether oxygens (including phenoxy) is 1. The van der Waals surface area contributed by atoms with E-state index in [-0.39, 0.29) is 17.5 Å². The normalized spacial score (nSPS) is 25.3. The van der Waals surface area contributed by atoms with Gasteiger partial charge in [0.25, 0.3) is 0 Å². The summed E-state index contributed by atoms with van der Waals surface area (Å²) in [5.41, 5.74) is 4.71. The maximum absolute atomic E-state index is 13.1. The van der Waals surface area contributed by atoms with Gasteiger partial charge in [0.05, 0.1) is 11.6 Å². The molecular weight excluding hydrogens is 243 g/mol. The first-order chi connectivity index (χ1) is 9.05. The Bertz CT molecular complexity index is 430. The smallest absolute Gasteiger partial charge is 0.123 e. The Labute approximate surface area is 114 Å². The Morgan fingerprint density at radius 1 is 1.47 bits per heavy atom. The number of benzene rings is 1. The standard InChI is InChI=1S/C15H23FN2O/c1-11-9-13(16)6-5-12(11)10-14(18-17)15(2)7-3-4-8-19-15/h5-6,9,14,18H,3-4,7-8,10,17H2,1-2H3. The number of hydrazine groups is 1. The van der Waals surface area contributed by atoms with Crippen LogP contribution in [0.4, 0.5) is 4.39 Å². The minimum atomic E-state index is -0.242. The summed E-state index contributed by atoms with van der Waals surface area (Å²) in [5, 5.41) is 0. The third-order valence-electron chi connectivity index (χ3n) is 4.17. The Morgan fingerprint density at radius 3 is 2.84 bits per heavy atom. The maximum atomic E-state index is 13.1. The fourth-order valence-electron chi connectivity index (χ4n) is 2.79. The summed E-state index contributed by atoms with van der Waals surface area (Å²) in [7, 11) is 0. The van der Waals surface area contributed by atoms with Crippen LogP contribution in [0.15, 0.2) is 18.2 Å². The van der Waals surface area contributed by atoms with Crippen molar-refractivity contribution in [2.24, 2.45) is 5.84 Å². The second-order valence-electron chi connectivity index (χ2n) is 5.61. The molecule has 2 unspecified atom stereocenters. The Hall–Kier alpha value is -0.970. The van der Waals surface area contributed by atoms with Gasteiger partial charge >= 0.3 is 0 Å². The van der Waals surface area contributed by atoms with E-state index in [0.29, 0.717) is 0 Å². The number of rotatable bonds is 4. The van der Waals surface area contributed by atoms with Crippen molar-refractivity contribution < 1.29 is 9.13 Å². The summed E-state index contributed by atoms with van der Waals surface area (Å²) in [6, 6.07) is 4.94. The molecule has 1 heterocycles. The molecule has 0 spiro atoms. The van der Waals surface area contributed by atoms with E-state index in [0.717, 1.165) is 43.4 Å². The Balaban J connectivity index is 2.14. The van der Waals surface area contributed by atoms with Crippen molar-refractivity contribution in [2.45, 2.75) is 51.2 Å². The summed E-state index contributed by atoms with van der Waals surface area (Å²) in [6.45, 7) is 4.82. The van der Waals surface area contributed by atoms with Crippen molar-refractivity contribution in [1.82, 2.24) is 5.43 Å². The van der Waals surface area contributed by atoms with Crippen molar-refractivity contribution in [2.75, 3.05) is 6.61 Å². The van der Waals surface area contributed by atoms with Gasteiger partial charge in [-0.1, -0.05) is 6.07 Å². The molecular formula is C15H23FN2O. The van der Waals surface area contributed by atoms with Crippen LogP contribution in [-0.2, 0) is 11.2 Å². The highest BCUT2D eigenvalue weighted by atomic mass is 19.1. The summed E-state index contributed by atoms with van der Waals surface area (Å²) >= 11 is 0. The zero-order valence-corrected chi connectivity index (χ0v) is 11.7. The van der Waals surface area contributed by atoms with Crippen molar-refractivity contribution >= 4 is 0 Å². The van der Waals surface area contributed by atoms with Crippen molar-refractivity contribution in [3.05, 3.63) is 35.1 Å². The number of nitrogens with one attached hydrogen (secondary N) is 1. The lowest BCUT2D eigenvalue weighted by atomic mass is 9.84. The van der Waals surface area contributed by atoms with E-state index in [1.807, 2.05) is 13.0 Å². The predicted octanol–water partition coefficient (Wildman–Crippen LogP) is 2.47. The lowest BCUT2D eigenvalue weighted by Crippen LogP contribution is -2.55. The molecule has 1 aromatic carbocycles. The van der Waals surface area contributed by atoms with E-state index in [1.54, 1.807) is 6.07 Å². The maximum Gasteiger partial charge on any atom is 0.123 e. The van der Waals surface area contributed by atoms with Crippen LogP contribution >= 0.6 is 0 Å². The van der Waals surface area contributed by atoms with E-state index in [1.165, 1.54) is 6.07 Å². The lowest BCUT2D eigenvalue weighted by Gasteiger charge is -2.40. The Kier molecular flexibility index (Phi) is 4.55. The summed E-state index contributed by atoms with van der Waals surface area (Å²) < 4.78 is 19.1. The minimum Gasteiger partial charge on any atom is -0.374 e. The summed E-state index contributed by atoms with van der Waals surface area (Å²) in [5.74, 6) is 5.52. The average Bonchev–Trinajstić information content (AvgIpc) is 2.38. The van der Waals surface area contributed by atoms with Gasteiger partial charge in [0.15, 0.2) is 0 Å². The molecule has 0 bridgehead atoms. The highest BCUT2D eigenvalue weighted by molar-refractivity contribution is 5.28. The zero-order chi connectivity index (χ0) is 13.9. The van der Waals surface area contributed by atoms with Crippen LogP contribution in [0, 0.1) is 12.7 Å². The Morgan fingerprint density at radius 2 is 2.26 bits per heavy atom. The van der Waals surface area contributed by atoms with Crippen LogP contribution in [0.25, 0.3) is 0 Å². The van der Waals surface area contributed by atoms with Gasteiger partial charge in [0.2, 0.25) is 0 Å². The molecule has 19 heavy (non-hydrogen) atoms. The highest BCUT2D eigenvalue weighted by Gasteiger charge is 2.36. The van der Waals surface area contributed by atoms with E-state index >= 15 is 0 Å². The fourth-order valence-corrected chi connectivity index (χ4v) is 2.79. The number of aryl methyl sites for hydroxylation is 1.